The number of carbonyl (C=O) groups is 2. The van der Waals surface area contributed by atoms with Crippen LogP contribution in [0.25, 0.3) is 11.1 Å². The van der Waals surface area contributed by atoms with E-state index < -0.39 is 5.97 Å². The van der Waals surface area contributed by atoms with Gasteiger partial charge in [-0.2, -0.15) is 0 Å². The second-order valence-corrected chi connectivity index (χ2v) is 7.31. The van der Waals surface area contributed by atoms with Gasteiger partial charge in [-0.1, -0.05) is 48.5 Å². The Morgan fingerprint density at radius 1 is 0.929 bits per heavy atom. The molecule has 4 rings (SSSR count). The third-order valence-corrected chi connectivity index (χ3v) is 5.54. The zero-order chi connectivity index (χ0) is 19.5. The molecular weight excluding hydrogens is 356 g/mol. The normalized spacial score (nSPS) is 16.9. The van der Waals surface area contributed by atoms with Crippen LogP contribution in [-0.4, -0.2) is 66.3 Å². The fourth-order valence-corrected chi connectivity index (χ4v) is 4.19. The van der Waals surface area contributed by atoms with Gasteiger partial charge in [-0.25, -0.2) is 4.79 Å². The number of ether oxygens (including phenoxy) is 1. The molecule has 2 aromatic carbocycles. The Balaban J connectivity index is 1.41. The van der Waals surface area contributed by atoms with Crippen LogP contribution in [0.5, 0.6) is 0 Å². The van der Waals surface area contributed by atoms with Gasteiger partial charge in [0, 0.05) is 32.1 Å². The molecule has 0 saturated carbocycles. The maximum absolute atomic E-state index is 12.6. The number of fused-ring (bicyclic) bond motifs is 3. The predicted molar refractivity (Wildman–Crippen MR) is 105 cm³/mol. The lowest BCUT2D eigenvalue weighted by Crippen LogP contribution is -2.37. The fraction of sp³-hybridized carbons (Fsp3) is 0.364. The molecule has 1 aliphatic carbocycles. The summed E-state index contributed by atoms with van der Waals surface area (Å²) in [6.45, 7) is 2.63. The first-order chi connectivity index (χ1) is 13.6. The molecule has 1 N–H and O–H groups in total. The Hall–Kier alpha value is -2.86. The monoisotopic (exact) mass is 380 g/mol. The summed E-state index contributed by atoms with van der Waals surface area (Å²) in [5.74, 6) is -0.790. The summed E-state index contributed by atoms with van der Waals surface area (Å²) in [5.41, 5.74) is 4.80. The SMILES string of the molecule is O=C(O)CN1CCCN(C(=O)OCC2c3ccccc3-c3ccccc32)CC1. The maximum atomic E-state index is 12.6. The van der Waals surface area contributed by atoms with E-state index in [0.717, 1.165) is 6.42 Å². The largest absolute Gasteiger partial charge is 0.480 e. The van der Waals surface area contributed by atoms with E-state index in [1.165, 1.54) is 22.3 Å². The lowest BCUT2D eigenvalue weighted by molar-refractivity contribution is -0.138. The Morgan fingerprint density at radius 3 is 2.21 bits per heavy atom. The highest BCUT2D eigenvalue weighted by molar-refractivity contribution is 5.79. The lowest BCUT2D eigenvalue weighted by Gasteiger charge is -2.22. The molecule has 1 heterocycles. The number of carboxylic acid groups (broad SMARTS) is 1. The zero-order valence-electron chi connectivity index (χ0n) is 15.7. The molecule has 6 heteroatoms. The van der Waals surface area contributed by atoms with Crippen LogP contribution in [0, 0.1) is 0 Å². The van der Waals surface area contributed by atoms with Crippen molar-refractivity contribution in [2.45, 2.75) is 12.3 Å². The number of benzene rings is 2. The van der Waals surface area contributed by atoms with Crippen LogP contribution in [0.4, 0.5) is 4.79 Å². The van der Waals surface area contributed by atoms with Crippen LogP contribution < -0.4 is 0 Å². The van der Waals surface area contributed by atoms with Crippen molar-refractivity contribution in [3.63, 3.8) is 0 Å². The summed E-state index contributed by atoms with van der Waals surface area (Å²) in [4.78, 5) is 27.1. The Kier molecular flexibility index (Phi) is 5.30. The molecule has 146 valence electrons. The molecule has 0 radical (unpaired) electrons. The summed E-state index contributed by atoms with van der Waals surface area (Å²) in [7, 11) is 0. The molecule has 0 unspecified atom stereocenters. The van der Waals surface area contributed by atoms with Gasteiger partial charge in [-0.15, -0.1) is 0 Å². The van der Waals surface area contributed by atoms with Crippen molar-refractivity contribution in [2.75, 3.05) is 39.3 Å². The third kappa shape index (κ3) is 3.73. The molecule has 1 fully saturated rings. The van der Waals surface area contributed by atoms with E-state index in [0.29, 0.717) is 32.8 Å². The number of hydrogen-bond donors (Lipinski definition) is 1. The first-order valence-corrected chi connectivity index (χ1v) is 9.67. The van der Waals surface area contributed by atoms with Gasteiger partial charge >= 0.3 is 12.1 Å². The summed E-state index contributed by atoms with van der Waals surface area (Å²) in [5, 5.41) is 8.95. The summed E-state index contributed by atoms with van der Waals surface area (Å²) in [6.07, 6.45) is 0.427. The quantitative estimate of drug-likeness (QED) is 0.883. The minimum Gasteiger partial charge on any atom is -0.480 e. The van der Waals surface area contributed by atoms with Gasteiger partial charge < -0.3 is 14.7 Å². The average Bonchev–Trinajstić information content (AvgIpc) is 2.83. The van der Waals surface area contributed by atoms with Crippen LogP contribution >= 0.6 is 0 Å². The van der Waals surface area contributed by atoms with Crippen LogP contribution in [0.3, 0.4) is 0 Å². The highest BCUT2D eigenvalue weighted by atomic mass is 16.6. The topological polar surface area (TPSA) is 70.1 Å². The van der Waals surface area contributed by atoms with Crippen LogP contribution in [-0.2, 0) is 9.53 Å². The van der Waals surface area contributed by atoms with Crippen LogP contribution in [0.1, 0.15) is 23.5 Å². The number of rotatable bonds is 4. The van der Waals surface area contributed by atoms with E-state index in [1.54, 1.807) is 4.90 Å². The third-order valence-electron chi connectivity index (χ3n) is 5.54. The van der Waals surface area contributed by atoms with Crippen molar-refractivity contribution in [3.05, 3.63) is 59.7 Å². The Bertz CT molecular complexity index is 837. The minimum absolute atomic E-state index is 0.0124. The van der Waals surface area contributed by atoms with E-state index in [1.807, 2.05) is 29.2 Å². The smallest absolute Gasteiger partial charge is 0.409 e. The first-order valence-electron chi connectivity index (χ1n) is 9.67. The Morgan fingerprint density at radius 2 is 1.57 bits per heavy atom. The second kappa shape index (κ2) is 8.02. The Labute approximate surface area is 164 Å². The molecule has 1 aliphatic heterocycles. The molecular formula is C22H24N2O4. The molecule has 2 aromatic rings. The van der Waals surface area contributed by atoms with Gasteiger partial charge in [0.1, 0.15) is 6.61 Å². The van der Waals surface area contributed by atoms with E-state index in [4.69, 9.17) is 9.84 Å². The number of aliphatic carboxylic acids is 1. The molecule has 6 nitrogen and oxygen atoms in total. The molecule has 28 heavy (non-hydrogen) atoms. The standard InChI is InChI=1S/C22H24N2O4/c25-21(26)14-23-10-5-11-24(13-12-23)22(27)28-15-20-18-8-3-1-6-16(18)17-7-2-4-9-19(17)20/h1-4,6-9,20H,5,10-15H2,(H,25,26). The van der Waals surface area contributed by atoms with Crippen LogP contribution in [0.2, 0.25) is 0 Å². The minimum atomic E-state index is -0.838. The maximum Gasteiger partial charge on any atom is 0.409 e. The van der Waals surface area contributed by atoms with Crippen molar-refractivity contribution in [1.29, 1.82) is 0 Å². The molecule has 0 atom stereocenters. The lowest BCUT2D eigenvalue weighted by atomic mass is 9.98. The van der Waals surface area contributed by atoms with E-state index in [-0.39, 0.29) is 18.6 Å². The van der Waals surface area contributed by atoms with Gasteiger partial charge in [0.05, 0.1) is 6.54 Å². The number of nitrogens with zero attached hydrogens (tertiary/aromatic N) is 2. The number of carboxylic acids is 1. The summed E-state index contributed by atoms with van der Waals surface area (Å²) in [6, 6.07) is 16.5. The molecule has 2 aliphatic rings. The highest BCUT2D eigenvalue weighted by Crippen LogP contribution is 2.44. The predicted octanol–water partition coefficient (Wildman–Crippen LogP) is 3.03. The van der Waals surface area contributed by atoms with Gasteiger partial charge in [-0.3, -0.25) is 9.69 Å². The van der Waals surface area contributed by atoms with Crippen molar-refractivity contribution < 1.29 is 19.4 Å². The second-order valence-electron chi connectivity index (χ2n) is 7.31. The van der Waals surface area contributed by atoms with E-state index >= 15 is 0 Å². The first kappa shape index (κ1) is 18.5. The molecule has 0 bridgehead atoms. The molecule has 0 spiro atoms. The average molecular weight is 380 g/mol. The number of hydrogen-bond acceptors (Lipinski definition) is 4. The molecule has 0 aromatic heterocycles. The summed E-state index contributed by atoms with van der Waals surface area (Å²) < 4.78 is 5.70. The van der Waals surface area contributed by atoms with Crippen molar-refractivity contribution >= 4 is 12.1 Å². The molecule has 1 saturated heterocycles. The fourth-order valence-electron chi connectivity index (χ4n) is 4.19. The van der Waals surface area contributed by atoms with Gasteiger partial charge in [0.15, 0.2) is 0 Å². The molecule has 1 amide bonds. The van der Waals surface area contributed by atoms with Crippen molar-refractivity contribution in [2.24, 2.45) is 0 Å². The van der Waals surface area contributed by atoms with Gasteiger partial charge in [0.2, 0.25) is 0 Å². The highest BCUT2D eigenvalue weighted by Gasteiger charge is 2.30. The van der Waals surface area contributed by atoms with Crippen molar-refractivity contribution in [3.8, 4) is 11.1 Å². The van der Waals surface area contributed by atoms with Gasteiger partial charge in [0.25, 0.3) is 0 Å². The van der Waals surface area contributed by atoms with Crippen molar-refractivity contribution in [1.82, 2.24) is 9.80 Å². The van der Waals surface area contributed by atoms with E-state index in [9.17, 15) is 9.59 Å². The van der Waals surface area contributed by atoms with Crippen LogP contribution in [0.15, 0.2) is 48.5 Å². The zero-order valence-corrected chi connectivity index (χ0v) is 15.7. The number of amides is 1. The summed E-state index contributed by atoms with van der Waals surface area (Å²) >= 11 is 0. The number of carbonyl (C=O) groups excluding carboxylic acids is 1. The van der Waals surface area contributed by atoms with E-state index in [2.05, 4.69) is 24.3 Å². The van der Waals surface area contributed by atoms with Gasteiger partial charge in [-0.05, 0) is 28.7 Å².